The lowest BCUT2D eigenvalue weighted by atomic mass is 10.4. The largest absolute Gasteiger partial charge is 0.481 e. The summed E-state index contributed by atoms with van der Waals surface area (Å²) in [5, 5.41) is 8.46. The lowest BCUT2D eigenvalue weighted by molar-refractivity contribution is -0.133. The van der Waals surface area contributed by atoms with Gasteiger partial charge in [-0.1, -0.05) is 0 Å². The molecule has 0 unspecified atom stereocenters. The second kappa shape index (κ2) is 6.75. The van der Waals surface area contributed by atoms with Gasteiger partial charge in [0, 0.05) is 19.7 Å². The number of rotatable bonds is 8. The summed E-state index contributed by atoms with van der Waals surface area (Å²) in [4.78, 5) is 23.9. The molecule has 1 saturated carbocycles. The van der Waals surface area contributed by atoms with E-state index in [2.05, 4.69) is 0 Å². The molecule has 0 spiro atoms. The van der Waals surface area contributed by atoms with Gasteiger partial charge in [0.1, 0.15) is 0 Å². The third kappa shape index (κ3) is 4.85. The molecule has 0 bridgehead atoms. The summed E-state index contributed by atoms with van der Waals surface area (Å²) < 4.78 is 4.95. The van der Waals surface area contributed by atoms with Gasteiger partial charge in [0.2, 0.25) is 5.91 Å². The van der Waals surface area contributed by atoms with Gasteiger partial charge in [-0.25, -0.2) is 0 Å². The predicted molar refractivity (Wildman–Crippen MR) is 61.6 cm³/mol. The van der Waals surface area contributed by atoms with Gasteiger partial charge < -0.3 is 14.7 Å². The van der Waals surface area contributed by atoms with Crippen LogP contribution in [0.1, 0.15) is 12.8 Å². The summed E-state index contributed by atoms with van der Waals surface area (Å²) in [7, 11) is 1.61. The monoisotopic (exact) mass is 247 g/mol. The molecule has 0 heterocycles. The van der Waals surface area contributed by atoms with Gasteiger partial charge in [-0.3, -0.25) is 9.59 Å². The minimum atomic E-state index is -0.882. The van der Waals surface area contributed by atoms with Crippen LogP contribution in [0.4, 0.5) is 0 Å². The van der Waals surface area contributed by atoms with Crippen LogP contribution in [0.5, 0.6) is 0 Å². The molecule has 1 N–H and O–H groups in total. The molecule has 1 amide bonds. The first-order valence-corrected chi connectivity index (χ1v) is 6.38. The van der Waals surface area contributed by atoms with Gasteiger partial charge in [0.25, 0.3) is 0 Å². The lowest BCUT2D eigenvalue weighted by Crippen LogP contribution is -2.37. The van der Waals surface area contributed by atoms with Crippen molar-refractivity contribution in [2.75, 3.05) is 31.8 Å². The Labute approximate surface area is 99.1 Å². The predicted octanol–water partition coefficient (Wildman–Crippen LogP) is 0.442. The van der Waals surface area contributed by atoms with Crippen LogP contribution in [0, 0.1) is 0 Å². The van der Waals surface area contributed by atoms with Crippen LogP contribution in [-0.2, 0) is 14.3 Å². The van der Waals surface area contributed by atoms with Crippen molar-refractivity contribution in [1.29, 1.82) is 0 Å². The number of carboxylic acids is 1. The number of ether oxygens (including phenoxy) is 1. The van der Waals surface area contributed by atoms with Crippen LogP contribution in [-0.4, -0.2) is 59.7 Å². The van der Waals surface area contributed by atoms with E-state index < -0.39 is 5.97 Å². The average Bonchev–Trinajstić information content (AvgIpc) is 3.02. The minimum absolute atomic E-state index is 0.0193. The minimum Gasteiger partial charge on any atom is -0.481 e. The Hall–Kier alpha value is -0.750. The number of carbonyl (C=O) groups is 2. The van der Waals surface area contributed by atoms with E-state index in [0.717, 1.165) is 24.6 Å². The maximum Gasteiger partial charge on any atom is 0.313 e. The number of aliphatic carboxylic acids is 1. The quantitative estimate of drug-likeness (QED) is 0.674. The Morgan fingerprint density at radius 3 is 2.62 bits per heavy atom. The summed E-state index contributed by atoms with van der Waals surface area (Å²) >= 11 is 1.14. The number of thioether (sulfide) groups is 1. The average molecular weight is 247 g/mol. The summed E-state index contributed by atoms with van der Waals surface area (Å²) in [6, 6.07) is 0.355. The highest BCUT2D eigenvalue weighted by atomic mass is 32.2. The lowest BCUT2D eigenvalue weighted by Gasteiger charge is -2.21. The molecule has 1 rings (SSSR count). The highest BCUT2D eigenvalue weighted by Gasteiger charge is 2.31. The standard InChI is InChI=1S/C10H17NO4S/c1-15-5-4-11(8-2-3-8)9(12)6-16-7-10(13)14/h8H,2-7H2,1H3,(H,13,14). The molecular weight excluding hydrogens is 230 g/mol. The van der Waals surface area contributed by atoms with E-state index in [-0.39, 0.29) is 17.4 Å². The number of methoxy groups -OCH3 is 1. The Morgan fingerprint density at radius 1 is 1.44 bits per heavy atom. The Balaban J connectivity index is 2.26. The van der Waals surface area contributed by atoms with Gasteiger partial charge in [-0.15, -0.1) is 11.8 Å². The summed E-state index contributed by atoms with van der Waals surface area (Å²) in [6.07, 6.45) is 2.11. The Kier molecular flexibility index (Phi) is 5.62. The van der Waals surface area contributed by atoms with Crippen LogP contribution < -0.4 is 0 Å². The van der Waals surface area contributed by atoms with E-state index in [1.807, 2.05) is 0 Å². The SMILES string of the molecule is COCCN(C(=O)CSCC(=O)O)C1CC1. The molecule has 0 saturated heterocycles. The van der Waals surface area contributed by atoms with Crippen LogP contribution in [0.2, 0.25) is 0 Å². The summed E-state index contributed by atoms with van der Waals surface area (Å²) in [5.41, 5.74) is 0. The number of nitrogens with zero attached hydrogens (tertiary/aromatic N) is 1. The number of hydrogen-bond acceptors (Lipinski definition) is 4. The van der Waals surface area contributed by atoms with Crippen molar-refractivity contribution in [1.82, 2.24) is 4.90 Å². The van der Waals surface area contributed by atoms with Crippen molar-refractivity contribution < 1.29 is 19.4 Å². The zero-order valence-corrected chi connectivity index (χ0v) is 10.2. The zero-order valence-electron chi connectivity index (χ0n) is 9.35. The van der Waals surface area contributed by atoms with Gasteiger partial charge >= 0.3 is 5.97 Å². The van der Waals surface area contributed by atoms with Crippen LogP contribution in [0.3, 0.4) is 0 Å². The van der Waals surface area contributed by atoms with Gasteiger partial charge in [0.15, 0.2) is 0 Å². The van der Waals surface area contributed by atoms with Crippen molar-refractivity contribution in [3.05, 3.63) is 0 Å². The Morgan fingerprint density at radius 2 is 2.12 bits per heavy atom. The third-order valence-corrected chi connectivity index (χ3v) is 3.20. The molecule has 1 aliphatic rings. The first kappa shape index (κ1) is 13.3. The number of carboxylic acid groups (broad SMARTS) is 1. The molecule has 6 heteroatoms. The van der Waals surface area contributed by atoms with Crippen LogP contribution in [0.25, 0.3) is 0 Å². The molecule has 92 valence electrons. The van der Waals surface area contributed by atoms with E-state index >= 15 is 0 Å². The second-order valence-electron chi connectivity index (χ2n) is 3.70. The molecular formula is C10H17NO4S. The highest BCUT2D eigenvalue weighted by molar-refractivity contribution is 8.00. The van der Waals surface area contributed by atoms with Crippen molar-refractivity contribution in [3.8, 4) is 0 Å². The first-order chi connectivity index (χ1) is 7.65. The van der Waals surface area contributed by atoms with E-state index in [0.29, 0.717) is 19.2 Å². The molecule has 1 fully saturated rings. The van der Waals surface area contributed by atoms with E-state index in [9.17, 15) is 9.59 Å². The summed E-state index contributed by atoms with van der Waals surface area (Å²) in [6.45, 7) is 1.14. The maximum atomic E-state index is 11.8. The van der Waals surface area contributed by atoms with Crippen molar-refractivity contribution in [3.63, 3.8) is 0 Å². The first-order valence-electron chi connectivity index (χ1n) is 5.23. The molecule has 0 aromatic carbocycles. The Bertz CT molecular complexity index is 255. The van der Waals surface area contributed by atoms with E-state index in [1.54, 1.807) is 12.0 Å². The molecule has 1 aliphatic carbocycles. The molecule has 0 aliphatic heterocycles. The van der Waals surface area contributed by atoms with Crippen molar-refractivity contribution in [2.45, 2.75) is 18.9 Å². The maximum absolute atomic E-state index is 11.8. The molecule has 0 aromatic heterocycles. The molecule has 16 heavy (non-hydrogen) atoms. The topological polar surface area (TPSA) is 66.8 Å². The number of amides is 1. The fourth-order valence-electron chi connectivity index (χ4n) is 1.40. The smallest absolute Gasteiger partial charge is 0.313 e. The van der Waals surface area contributed by atoms with Crippen LogP contribution in [0.15, 0.2) is 0 Å². The van der Waals surface area contributed by atoms with Gasteiger partial charge in [-0.05, 0) is 12.8 Å². The molecule has 0 atom stereocenters. The van der Waals surface area contributed by atoms with Gasteiger partial charge in [0.05, 0.1) is 18.1 Å². The highest BCUT2D eigenvalue weighted by Crippen LogP contribution is 2.27. The fraction of sp³-hybridized carbons (Fsp3) is 0.800. The second-order valence-corrected chi connectivity index (χ2v) is 4.68. The van der Waals surface area contributed by atoms with Crippen molar-refractivity contribution >= 4 is 23.6 Å². The van der Waals surface area contributed by atoms with Gasteiger partial charge in [-0.2, -0.15) is 0 Å². The number of hydrogen-bond donors (Lipinski definition) is 1. The molecule has 0 radical (unpaired) electrons. The van der Waals surface area contributed by atoms with Crippen molar-refractivity contribution in [2.24, 2.45) is 0 Å². The fourth-order valence-corrected chi connectivity index (χ4v) is 2.01. The normalized spacial score (nSPS) is 14.8. The van der Waals surface area contributed by atoms with Crippen LogP contribution >= 0.6 is 11.8 Å². The zero-order chi connectivity index (χ0) is 12.0. The van der Waals surface area contributed by atoms with E-state index in [1.165, 1.54) is 0 Å². The third-order valence-electron chi connectivity index (χ3n) is 2.30. The summed E-state index contributed by atoms with van der Waals surface area (Å²) in [5.74, 6) is -0.639. The molecule has 5 nitrogen and oxygen atoms in total. The number of carbonyl (C=O) groups excluding carboxylic acids is 1. The van der Waals surface area contributed by atoms with E-state index in [4.69, 9.17) is 9.84 Å². The molecule has 0 aromatic rings.